The third-order valence-electron chi connectivity index (χ3n) is 5.90. The third kappa shape index (κ3) is 4.94. The maximum absolute atomic E-state index is 10.4. The van der Waals surface area contributed by atoms with E-state index in [2.05, 4.69) is 5.10 Å². The van der Waals surface area contributed by atoms with Gasteiger partial charge in [-0.15, -0.1) is 5.10 Å². The van der Waals surface area contributed by atoms with Crippen LogP contribution in [0.3, 0.4) is 0 Å². The van der Waals surface area contributed by atoms with Gasteiger partial charge in [-0.25, -0.2) is 4.68 Å². The quantitative estimate of drug-likeness (QED) is 0.389. The molecular formula is C25H30N2O7. The van der Waals surface area contributed by atoms with Gasteiger partial charge in [0.1, 0.15) is 30.2 Å². The number of nitrogens with zero attached hydrogens (tertiary/aromatic N) is 2. The first-order chi connectivity index (χ1) is 16.4. The maximum atomic E-state index is 10.4. The number of ether oxygens (including phenoxy) is 3. The van der Waals surface area contributed by atoms with E-state index in [1.807, 2.05) is 68.4 Å². The summed E-state index contributed by atoms with van der Waals surface area (Å²) in [5, 5.41) is 44.8. The average molecular weight is 471 g/mol. The molecule has 0 amide bonds. The van der Waals surface area contributed by atoms with Crippen LogP contribution in [0.15, 0.2) is 54.6 Å². The van der Waals surface area contributed by atoms with E-state index in [1.54, 1.807) is 4.68 Å². The lowest BCUT2D eigenvalue weighted by molar-refractivity contribution is -0.278. The number of aromatic nitrogens is 2. The highest BCUT2D eigenvalue weighted by molar-refractivity contribution is 5.43. The number of hydrogen-bond donors (Lipinski definition) is 4. The molecule has 1 aliphatic heterocycles. The van der Waals surface area contributed by atoms with Crippen molar-refractivity contribution in [3.63, 3.8) is 0 Å². The lowest BCUT2D eigenvalue weighted by Crippen LogP contribution is -2.60. The second-order valence-electron chi connectivity index (χ2n) is 8.19. The van der Waals surface area contributed by atoms with Gasteiger partial charge in [0.15, 0.2) is 0 Å². The topological polar surface area (TPSA) is 126 Å². The number of aliphatic hydroxyl groups excluding tert-OH is 4. The van der Waals surface area contributed by atoms with Crippen molar-refractivity contribution in [2.75, 3.05) is 13.2 Å². The first-order valence-corrected chi connectivity index (χ1v) is 11.3. The monoisotopic (exact) mass is 470 g/mol. The molecular weight excluding hydrogens is 440 g/mol. The van der Waals surface area contributed by atoms with Crippen LogP contribution in [0.25, 0.3) is 5.69 Å². The Balaban J connectivity index is 1.67. The van der Waals surface area contributed by atoms with Gasteiger partial charge in [-0.05, 0) is 43.7 Å². The predicted octanol–water partition coefficient (Wildman–Crippen LogP) is 1.35. The summed E-state index contributed by atoms with van der Waals surface area (Å²) in [6.45, 7) is 3.89. The average Bonchev–Trinajstić information content (AvgIpc) is 3.16. The fourth-order valence-corrected chi connectivity index (χ4v) is 3.98. The molecule has 1 fully saturated rings. The Morgan fingerprint density at radius 2 is 1.68 bits per heavy atom. The summed E-state index contributed by atoms with van der Waals surface area (Å²) in [4.78, 5) is 0. The van der Waals surface area contributed by atoms with E-state index < -0.39 is 37.3 Å². The second-order valence-corrected chi connectivity index (χ2v) is 8.19. The Kier molecular flexibility index (Phi) is 7.50. The van der Waals surface area contributed by atoms with Crippen molar-refractivity contribution in [3.8, 4) is 17.3 Å². The molecule has 4 rings (SSSR count). The van der Waals surface area contributed by atoms with E-state index in [-0.39, 0.29) is 5.88 Å². The van der Waals surface area contributed by atoms with Crippen LogP contribution < -0.4 is 9.47 Å². The van der Waals surface area contributed by atoms with Gasteiger partial charge in [-0.3, -0.25) is 0 Å². The zero-order valence-corrected chi connectivity index (χ0v) is 19.1. The van der Waals surface area contributed by atoms with Gasteiger partial charge >= 0.3 is 0 Å². The Bertz CT molecular complexity index is 1070. The molecule has 5 atom stereocenters. The second kappa shape index (κ2) is 10.5. The first kappa shape index (κ1) is 24.2. The lowest BCUT2D eigenvalue weighted by Gasteiger charge is -2.39. The molecule has 2 aromatic carbocycles. The van der Waals surface area contributed by atoms with Crippen LogP contribution in [-0.4, -0.2) is 74.1 Å². The molecule has 0 saturated carbocycles. The van der Waals surface area contributed by atoms with Crippen LogP contribution >= 0.6 is 0 Å². The largest absolute Gasteiger partial charge is 0.494 e. The molecule has 182 valence electrons. The fourth-order valence-electron chi connectivity index (χ4n) is 3.98. The van der Waals surface area contributed by atoms with Crippen LogP contribution in [-0.2, 0) is 11.2 Å². The molecule has 0 bridgehead atoms. The molecule has 9 heteroatoms. The highest BCUT2D eigenvalue weighted by Crippen LogP contribution is 2.31. The number of benzene rings is 2. The van der Waals surface area contributed by atoms with Gasteiger partial charge < -0.3 is 34.6 Å². The number of aliphatic hydroxyl groups is 4. The minimum Gasteiger partial charge on any atom is -0.494 e. The van der Waals surface area contributed by atoms with Gasteiger partial charge in [-0.1, -0.05) is 30.3 Å². The fraction of sp³-hybridized carbons (Fsp3) is 0.400. The molecule has 3 aromatic rings. The van der Waals surface area contributed by atoms with Crippen LogP contribution in [0.5, 0.6) is 11.6 Å². The van der Waals surface area contributed by atoms with E-state index in [4.69, 9.17) is 14.2 Å². The standard InChI is InChI=1S/C25H30N2O7/c1-3-32-18-11-9-16(10-12-18)13-19-15(2)27(17-7-5-4-6-8-17)26-24(19)34-25-23(31)22(30)21(29)20(14-28)33-25/h4-12,20-23,25,28-31H,3,13-14H2,1-2H3/t20-,21-,22+,23-,25?/m1/s1. The third-order valence-corrected chi connectivity index (χ3v) is 5.90. The Morgan fingerprint density at radius 1 is 0.971 bits per heavy atom. The first-order valence-electron chi connectivity index (χ1n) is 11.3. The number of hydrogen-bond acceptors (Lipinski definition) is 8. The highest BCUT2D eigenvalue weighted by Gasteiger charge is 2.45. The molecule has 34 heavy (non-hydrogen) atoms. The summed E-state index contributed by atoms with van der Waals surface area (Å²) in [5.41, 5.74) is 3.43. The van der Waals surface area contributed by atoms with Crippen molar-refractivity contribution in [3.05, 3.63) is 71.4 Å². The highest BCUT2D eigenvalue weighted by atomic mass is 16.7. The van der Waals surface area contributed by atoms with Gasteiger partial charge in [0, 0.05) is 17.7 Å². The van der Waals surface area contributed by atoms with E-state index in [1.165, 1.54) is 0 Å². The minimum atomic E-state index is -1.54. The van der Waals surface area contributed by atoms with Crippen molar-refractivity contribution in [2.45, 2.75) is 51.0 Å². The zero-order chi connectivity index (χ0) is 24.2. The van der Waals surface area contributed by atoms with Gasteiger partial charge in [0.25, 0.3) is 0 Å². The summed E-state index contributed by atoms with van der Waals surface area (Å²) in [6, 6.07) is 17.3. The summed E-state index contributed by atoms with van der Waals surface area (Å²) in [7, 11) is 0. The van der Waals surface area contributed by atoms with Crippen LogP contribution in [0.4, 0.5) is 0 Å². The van der Waals surface area contributed by atoms with Gasteiger partial charge in [-0.2, -0.15) is 0 Å². The van der Waals surface area contributed by atoms with Crippen LogP contribution in [0, 0.1) is 6.92 Å². The molecule has 0 spiro atoms. The Morgan fingerprint density at radius 3 is 2.32 bits per heavy atom. The molecule has 9 nitrogen and oxygen atoms in total. The Hall–Kier alpha value is -2.95. The summed E-state index contributed by atoms with van der Waals surface area (Å²) in [6.07, 6.45) is -6.45. The summed E-state index contributed by atoms with van der Waals surface area (Å²) < 4.78 is 18.8. The minimum absolute atomic E-state index is 0.222. The van der Waals surface area contributed by atoms with Crippen LogP contribution in [0.1, 0.15) is 23.7 Å². The predicted molar refractivity (Wildman–Crippen MR) is 123 cm³/mol. The van der Waals surface area contributed by atoms with Crippen LogP contribution in [0.2, 0.25) is 0 Å². The molecule has 1 aliphatic rings. The smallest absolute Gasteiger partial charge is 0.239 e. The van der Waals surface area contributed by atoms with Gasteiger partial charge in [0.05, 0.1) is 18.9 Å². The van der Waals surface area contributed by atoms with Gasteiger partial charge in [0.2, 0.25) is 12.2 Å². The van der Waals surface area contributed by atoms with Crippen molar-refractivity contribution < 1.29 is 34.6 Å². The van der Waals surface area contributed by atoms with Crippen molar-refractivity contribution in [1.29, 1.82) is 0 Å². The molecule has 1 saturated heterocycles. The summed E-state index contributed by atoms with van der Waals surface area (Å²) in [5.74, 6) is 1.00. The summed E-state index contributed by atoms with van der Waals surface area (Å²) >= 11 is 0. The molecule has 1 unspecified atom stereocenters. The molecule has 2 heterocycles. The van der Waals surface area contributed by atoms with E-state index in [0.29, 0.717) is 13.0 Å². The molecule has 0 radical (unpaired) electrons. The normalized spacial score (nSPS) is 24.7. The van der Waals surface area contributed by atoms with E-state index >= 15 is 0 Å². The van der Waals surface area contributed by atoms with E-state index in [0.717, 1.165) is 28.3 Å². The van der Waals surface area contributed by atoms with Crippen molar-refractivity contribution >= 4 is 0 Å². The lowest BCUT2D eigenvalue weighted by atomic mass is 9.99. The number of para-hydroxylation sites is 1. The maximum Gasteiger partial charge on any atom is 0.239 e. The molecule has 0 aliphatic carbocycles. The van der Waals surface area contributed by atoms with E-state index in [9.17, 15) is 20.4 Å². The molecule has 1 aromatic heterocycles. The van der Waals surface area contributed by atoms with Crippen molar-refractivity contribution in [1.82, 2.24) is 9.78 Å². The zero-order valence-electron chi connectivity index (χ0n) is 19.1. The SMILES string of the molecule is CCOc1ccc(Cc2c(OC3O[C@H](CO)[C@@H](O)[C@H](O)[C@H]3O)nn(-c3ccccc3)c2C)cc1. The Labute approximate surface area is 197 Å². The molecule has 4 N–H and O–H groups in total. The van der Waals surface area contributed by atoms with Crippen molar-refractivity contribution in [2.24, 2.45) is 0 Å². The number of rotatable bonds is 8.